The average Bonchev–Trinajstić information content (AvgIpc) is 2.30. The van der Waals surface area contributed by atoms with Gasteiger partial charge in [-0.25, -0.2) is 0 Å². The van der Waals surface area contributed by atoms with Gasteiger partial charge in [0.05, 0.1) is 0 Å². The molecule has 3 heteroatoms. The van der Waals surface area contributed by atoms with Gasteiger partial charge in [0.15, 0.2) is 0 Å². The minimum Gasteiger partial charge on any atom is -0.355 e. The quantitative estimate of drug-likeness (QED) is 0.826. The fourth-order valence-corrected chi connectivity index (χ4v) is 1.25. The molecule has 88 valence electrons. The van der Waals surface area contributed by atoms with Crippen molar-refractivity contribution in [2.45, 2.75) is 33.6 Å². The van der Waals surface area contributed by atoms with Gasteiger partial charge in [-0.1, -0.05) is 26.8 Å². The molecule has 0 unspecified atom stereocenters. The highest BCUT2D eigenvalue weighted by atomic mass is 16.2. The maximum Gasteiger partial charge on any atom is 0.225 e. The van der Waals surface area contributed by atoms with E-state index in [2.05, 4.69) is 10.3 Å². The molecule has 0 fully saturated rings. The molecule has 0 atom stereocenters. The van der Waals surface area contributed by atoms with Crippen LogP contribution in [0.2, 0.25) is 0 Å². The van der Waals surface area contributed by atoms with Gasteiger partial charge < -0.3 is 5.32 Å². The van der Waals surface area contributed by atoms with Crippen molar-refractivity contribution in [2.24, 2.45) is 5.41 Å². The van der Waals surface area contributed by atoms with Gasteiger partial charge in [0.1, 0.15) is 0 Å². The van der Waals surface area contributed by atoms with E-state index >= 15 is 0 Å². The number of hydrogen-bond donors (Lipinski definition) is 1. The summed E-state index contributed by atoms with van der Waals surface area (Å²) in [5.41, 5.74) is 0.738. The Labute approximate surface area is 97.3 Å². The SMILES string of the molecule is CCC(C)(C)C(=O)NCCc1ccccn1. The topological polar surface area (TPSA) is 42.0 Å². The number of carbonyl (C=O) groups excluding carboxylic acids is 1. The zero-order valence-electron chi connectivity index (χ0n) is 10.3. The van der Waals surface area contributed by atoms with Gasteiger partial charge in [-0.3, -0.25) is 9.78 Å². The van der Waals surface area contributed by atoms with Gasteiger partial charge in [-0.05, 0) is 18.6 Å². The number of nitrogens with one attached hydrogen (secondary N) is 1. The van der Waals surface area contributed by atoms with Crippen LogP contribution in [0.5, 0.6) is 0 Å². The number of hydrogen-bond acceptors (Lipinski definition) is 2. The molecule has 0 aliphatic carbocycles. The molecular weight excluding hydrogens is 200 g/mol. The summed E-state index contributed by atoms with van der Waals surface area (Å²) in [5, 5.41) is 2.94. The van der Waals surface area contributed by atoms with E-state index in [0.717, 1.165) is 18.5 Å². The molecule has 0 aliphatic heterocycles. The van der Waals surface area contributed by atoms with Crippen molar-refractivity contribution in [3.8, 4) is 0 Å². The molecule has 0 aromatic carbocycles. The first-order valence-corrected chi connectivity index (χ1v) is 5.74. The van der Waals surface area contributed by atoms with Gasteiger partial charge in [0.25, 0.3) is 0 Å². The minimum absolute atomic E-state index is 0.117. The third-order valence-electron chi connectivity index (χ3n) is 2.89. The van der Waals surface area contributed by atoms with E-state index in [1.54, 1.807) is 6.20 Å². The van der Waals surface area contributed by atoms with Crippen molar-refractivity contribution in [1.29, 1.82) is 0 Å². The first-order chi connectivity index (χ1) is 7.56. The first-order valence-electron chi connectivity index (χ1n) is 5.74. The molecule has 0 bridgehead atoms. The summed E-state index contributed by atoms with van der Waals surface area (Å²) in [6.07, 6.45) is 3.40. The third kappa shape index (κ3) is 3.65. The molecule has 0 spiro atoms. The number of nitrogens with zero attached hydrogens (tertiary/aromatic N) is 1. The molecule has 0 saturated carbocycles. The predicted octanol–water partition coefficient (Wildman–Crippen LogP) is 2.18. The lowest BCUT2D eigenvalue weighted by Gasteiger charge is -2.21. The maximum atomic E-state index is 11.8. The summed E-state index contributed by atoms with van der Waals surface area (Å²) >= 11 is 0. The first kappa shape index (κ1) is 12.7. The minimum atomic E-state index is -0.274. The Morgan fingerprint density at radius 1 is 1.44 bits per heavy atom. The second-order valence-electron chi connectivity index (χ2n) is 4.56. The molecule has 1 heterocycles. The second kappa shape index (κ2) is 5.64. The molecule has 3 nitrogen and oxygen atoms in total. The Hall–Kier alpha value is -1.38. The lowest BCUT2D eigenvalue weighted by molar-refractivity contribution is -0.129. The van der Waals surface area contributed by atoms with Crippen molar-refractivity contribution in [3.05, 3.63) is 30.1 Å². The van der Waals surface area contributed by atoms with Gasteiger partial charge in [0, 0.05) is 30.3 Å². The largest absolute Gasteiger partial charge is 0.355 e. The molecular formula is C13H20N2O. The van der Waals surface area contributed by atoms with E-state index in [9.17, 15) is 4.79 Å². The van der Waals surface area contributed by atoms with Gasteiger partial charge in [-0.15, -0.1) is 0 Å². The van der Waals surface area contributed by atoms with E-state index in [1.807, 2.05) is 39.0 Å². The highest BCUT2D eigenvalue weighted by Crippen LogP contribution is 2.19. The van der Waals surface area contributed by atoms with E-state index in [0.29, 0.717) is 6.54 Å². The van der Waals surface area contributed by atoms with Crippen molar-refractivity contribution in [1.82, 2.24) is 10.3 Å². The zero-order chi connectivity index (χ0) is 12.0. The summed E-state index contributed by atoms with van der Waals surface area (Å²) in [6.45, 7) is 6.60. The standard InChI is InChI=1S/C13H20N2O/c1-4-13(2,3)12(16)15-10-8-11-7-5-6-9-14-11/h5-7,9H,4,8,10H2,1-3H3,(H,15,16). The molecule has 0 aliphatic rings. The van der Waals surface area contributed by atoms with Gasteiger partial charge >= 0.3 is 0 Å². The average molecular weight is 220 g/mol. The fourth-order valence-electron chi connectivity index (χ4n) is 1.25. The summed E-state index contributed by atoms with van der Waals surface area (Å²) in [6, 6.07) is 5.82. The second-order valence-corrected chi connectivity index (χ2v) is 4.56. The molecule has 1 N–H and O–H groups in total. The van der Waals surface area contributed by atoms with Crippen LogP contribution in [0.3, 0.4) is 0 Å². The predicted molar refractivity (Wildman–Crippen MR) is 65.0 cm³/mol. The summed E-state index contributed by atoms with van der Waals surface area (Å²) in [7, 11) is 0. The van der Waals surface area contributed by atoms with Crippen LogP contribution >= 0.6 is 0 Å². The third-order valence-corrected chi connectivity index (χ3v) is 2.89. The van der Waals surface area contributed by atoms with E-state index in [4.69, 9.17) is 0 Å². The number of rotatable bonds is 5. The van der Waals surface area contributed by atoms with Crippen LogP contribution in [-0.4, -0.2) is 17.4 Å². The van der Waals surface area contributed by atoms with Crippen LogP contribution in [-0.2, 0) is 11.2 Å². The molecule has 1 amide bonds. The molecule has 1 aromatic rings. The molecule has 1 rings (SSSR count). The fraction of sp³-hybridized carbons (Fsp3) is 0.538. The van der Waals surface area contributed by atoms with E-state index < -0.39 is 0 Å². The van der Waals surface area contributed by atoms with Crippen LogP contribution in [0, 0.1) is 5.41 Å². The molecule has 1 aromatic heterocycles. The van der Waals surface area contributed by atoms with Crippen LogP contribution in [0.15, 0.2) is 24.4 Å². The zero-order valence-corrected chi connectivity index (χ0v) is 10.3. The monoisotopic (exact) mass is 220 g/mol. The Kier molecular flexibility index (Phi) is 4.47. The molecule has 0 radical (unpaired) electrons. The van der Waals surface area contributed by atoms with Crippen molar-refractivity contribution in [2.75, 3.05) is 6.54 Å². The van der Waals surface area contributed by atoms with Gasteiger partial charge in [-0.2, -0.15) is 0 Å². The Morgan fingerprint density at radius 2 is 2.19 bits per heavy atom. The summed E-state index contributed by atoms with van der Waals surface area (Å²) in [5.74, 6) is 0.117. The summed E-state index contributed by atoms with van der Waals surface area (Å²) < 4.78 is 0. The number of aromatic nitrogens is 1. The number of amides is 1. The van der Waals surface area contributed by atoms with Crippen molar-refractivity contribution < 1.29 is 4.79 Å². The van der Waals surface area contributed by atoms with Crippen molar-refractivity contribution in [3.63, 3.8) is 0 Å². The van der Waals surface area contributed by atoms with E-state index in [-0.39, 0.29) is 11.3 Å². The van der Waals surface area contributed by atoms with Crippen LogP contribution < -0.4 is 5.32 Å². The molecule has 0 saturated heterocycles. The van der Waals surface area contributed by atoms with E-state index in [1.165, 1.54) is 0 Å². The van der Waals surface area contributed by atoms with Crippen LogP contribution in [0.1, 0.15) is 32.9 Å². The summed E-state index contributed by atoms with van der Waals surface area (Å²) in [4.78, 5) is 16.0. The Morgan fingerprint density at radius 3 is 2.75 bits per heavy atom. The molecule has 16 heavy (non-hydrogen) atoms. The van der Waals surface area contributed by atoms with Crippen molar-refractivity contribution >= 4 is 5.91 Å². The lowest BCUT2D eigenvalue weighted by Crippen LogP contribution is -2.37. The lowest BCUT2D eigenvalue weighted by atomic mass is 9.89. The Bertz CT molecular complexity index is 333. The Balaban J connectivity index is 2.34. The van der Waals surface area contributed by atoms with Crippen LogP contribution in [0.25, 0.3) is 0 Å². The van der Waals surface area contributed by atoms with Gasteiger partial charge in [0.2, 0.25) is 5.91 Å². The van der Waals surface area contributed by atoms with Crippen LogP contribution in [0.4, 0.5) is 0 Å². The highest BCUT2D eigenvalue weighted by molar-refractivity contribution is 5.81. The normalized spacial score (nSPS) is 11.2. The number of carbonyl (C=O) groups is 1. The highest BCUT2D eigenvalue weighted by Gasteiger charge is 2.24. The maximum absolute atomic E-state index is 11.8. The number of pyridine rings is 1. The smallest absolute Gasteiger partial charge is 0.225 e.